The highest BCUT2D eigenvalue weighted by Crippen LogP contribution is 2.25. The second-order valence-electron chi connectivity index (χ2n) is 4.81. The summed E-state index contributed by atoms with van der Waals surface area (Å²) in [5.74, 6) is -2.05. The molecule has 4 N–H and O–H groups in total. The van der Waals surface area contributed by atoms with Crippen LogP contribution in [0.5, 0.6) is 11.5 Å². The van der Waals surface area contributed by atoms with Crippen molar-refractivity contribution in [3.05, 3.63) is 23.8 Å². The normalized spacial score (nSPS) is 13.4. The van der Waals surface area contributed by atoms with E-state index < -0.39 is 17.9 Å². The van der Waals surface area contributed by atoms with E-state index in [0.717, 1.165) is 0 Å². The average molecular weight is 423 g/mol. The zero-order chi connectivity index (χ0) is 16.7. The van der Waals surface area contributed by atoms with Crippen LogP contribution in [0, 0.1) is 5.92 Å². The molecule has 0 amide bonds. The SMILES string of the molecule is CC(=O)C(CO)COC(=O)[C@H](Cc1ccc(O)c(O)c1)NI. The summed E-state index contributed by atoms with van der Waals surface area (Å²) in [7, 11) is 0. The first-order valence-electron chi connectivity index (χ1n) is 6.54. The van der Waals surface area contributed by atoms with Crippen molar-refractivity contribution in [3.8, 4) is 11.5 Å². The molecule has 0 aliphatic heterocycles. The van der Waals surface area contributed by atoms with Crippen molar-refractivity contribution in [2.75, 3.05) is 13.2 Å². The van der Waals surface area contributed by atoms with Crippen LogP contribution in [0.2, 0.25) is 0 Å². The van der Waals surface area contributed by atoms with Gasteiger partial charge in [-0.15, -0.1) is 0 Å². The number of nitrogens with one attached hydrogen (secondary N) is 1. The molecule has 1 aromatic carbocycles. The van der Waals surface area contributed by atoms with Gasteiger partial charge in [-0.2, -0.15) is 0 Å². The minimum absolute atomic E-state index is 0.180. The number of carbonyl (C=O) groups excluding carboxylic acids is 2. The van der Waals surface area contributed by atoms with Crippen molar-refractivity contribution >= 4 is 34.6 Å². The van der Waals surface area contributed by atoms with Gasteiger partial charge < -0.3 is 20.1 Å². The largest absolute Gasteiger partial charge is 0.504 e. The van der Waals surface area contributed by atoms with Crippen LogP contribution in [0.25, 0.3) is 0 Å². The fourth-order valence-electron chi connectivity index (χ4n) is 1.68. The average Bonchev–Trinajstić information content (AvgIpc) is 2.48. The third kappa shape index (κ3) is 5.43. The minimum Gasteiger partial charge on any atom is -0.504 e. The number of hydrogen-bond acceptors (Lipinski definition) is 7. The standard InChI is InChI=1S/C14H18INO6/c1-8(18)10(6-17)7-22-14(21)11(16-15)4-9-2-3-12(19)13(20)5-9/h2-3,5,10-11,16-17,19-20H,4,6-7H2,1H3/t10?,11-/m0/s1. The Morgan fingerprint density at radius 2 is 2.00 bits per heavy atom. The zero-order valence-corrected chi connectivity index (χ0v) is 14.1. The first-order valence-corrected chi connectivity index (χ1v) is 7.61. The number of ether oxygens (including phenoxy) is 1. The quantitative estimate of drug-likeness (QED) is 0.211. The molecule has 2 atom stereocenters. The number of benzene rings is 1. The maximum absolute atomic E-state index is 12.0. The Morgan fingerprint density at radius 1 is 1.32 bits per heavy atom. The Kier molecular flexibility index (Phi) is 7.56. The van der Waals surface area contributed by atoms with E-state index in [-0.39, 0.29) is 36.9 Å². The lowest BCUT2D eigenvalue weighted by molar-refractivity contribution is -0.148. The monoisotopic (exact) mass is 423 g/mol. The van der Waals surface area contributed by atoms with Gasteiger partial charge in [0.15, 0.2) is 11.5 Å². The summed E-state index contributed by atoms with van der Waals surface area (Å²) in [5, 5.41) is 27.7. The molecule has 0 bridgehead atoms. The lowest BCUT2D eigenvalue weighted by Crippen LogP contribution is -2.36. The molecule has 0 aromatic heterocycles. The van der Waals surface area contributed by atoms with E-state index in [1.165, 1.54) is 19.1 Å². The molecule has 7 nitrogen and oxygen atoms in total. The topological polar surface area (TPSA) is 116 Å². The second kappa shape index (κ2) is 8.91. The van der Waals surface area contributed by atoms with Gasteiger partial charge in [0.2, 0.25) is 0 Å². The maximum atomic E-state index is 12.0. The van der Waals surface area contributed by atoms with Crippen molar-refractivity contribution in [1.82, 2.24) is 3.53 Å². The van der Waals surface area contributed by atoms with E-state index in [9.17, 15) is 19.8 Å². The first kappa shape index (κ1) is 18.7. The van der Waals surface area contributed by atoms with Gasteiger partial charge >= 0.3 is 5.97 Å². The Balaban J connectivity index is 2.64. The Labute approximate surface area is 141 Å². The van der Waals surface area contributed by atoms with Crippen LogP contribution in [0.15, 0.2) is 18.2 Å². The first-order chi connectivity index (χ1) is 10.4. The highest BCUT2D eigenvalue weighted by atomic mass is 127. The van der Waals surface area contributed by atoms with E-state index in [1.807, 2.05) is 22.9 Å². The number of Topliss-reactive ketones (excluding diaryl/α,β-unsaturated/α-hetero) is 1. The molecule has 0 saturated carbocycles. The molecule has 122 valence electrons. The Bertz CT molecular complexity index is 536. The number of rotatable bonds is 8. The second-order valence-corrected chi connectivity index (χ2v) is 5.43. The van der Waals surface area contributed by atoms with Gasteiger partial charge in [-0.1, -0.05) is 6.07 Å². The molecule has 22 heavy (non-hydrogen) atoms. The number of phenols is 2. The van der Waals surface area contributed by atoms with Gasteiger partial charge in [0.25, 0.3) is 0 Å². The molecule has 1 aromatic rings. The van der Waals surface area contributed by atoms with Crippen LogP contribution < -0.4 is 3.53 Å². The lowest BCUT2D eigenvalue weighted by atomic mass is 10.1. The summed E-state index contributed by atoms with van der Waals surface area (Å²) in [5.41, 5.74) is 0.631. The highest BCUT2D eigenvalue weighted by molar-refractivity contribution is 14.1. The summed E-state index contributed by atoms with van der Waals surface area (Å²) in [6.07, 6.45) is 0.236. The summed E-state index contributed by atoms with van der Waals surface area (Å²) < 4.78 is 7.80. The fraction of sp³-hybridized carbons (Fsp3) is 0.429. The fourth-order valence-corrected chi connectivity index (χ4v) is 2.15. The number of hydrogen-bond donors (Lipinski definition) is 4. The Morgan fingerprint density at radius 3 is 2.50 bits per heavy atom. The molecule has 0 aliphatic carbocycles. The van der Waals surface area contributed by atoms with Gasteiger partial charge in [0.1, 0.15) is 18.4 Å². The number of aliphatic hydroxyl groups excluding tert-OH is 1. The molecule has 0 heterocycles. The van der Waals surface area contributed by atoms with Crippen molar-refractivity contribution < 1.29 is 29.6 Å². The number of phenolic OH excluding ortho intramolecular Hbond substituents is 2. The van der Waals surface area contributed by atoms with Gasteiger partial charge in [0.05, 0.1) is 12.5 Å². The summed E-state index contributed by atoms with van der Waals surface area (Å²) in [4.78, 5) is 23.1. The molecule has 0 saturated heterocycles. The molecular weight excluding hydrogens is 405 g/mol. The summed E-state index contributed by atoms with van der Waals surface area (Å²) in [6, 6.07) is 3.58. The Hall–Kier alpha value is -1.39. The molecule has 0 aliphatic rings. The van der Waals surface area contributed by atoms with Crippen LogP contribution >= 0.6 is 22.9 Å². The molecule has 8 heteroatoms. The van der Waals surface area contributed by atoms with Crippen molar-refractivity contribution in [3.63, 3.8) is 0 Å². The van der Waals surface area contributed by atoms with Gasteiger partial charge in [-0.25, -0.2) is 3.53 Å². The van der Waals surface area contributed by atoms with Crippen LogP contribution in [0.1, 0.15) is 12.5 Å². The number of ketones is 1. The van der Waals surface area contributed by atoms with E-state index in [2.05, 4.69) is 3.53 Å². The van der Waals surface area contributed by atoms with Crippen LogP contribution in [-0.4, -0.2) is 46.3 Å². The number of aromatic hydroxyl groups is 2. The van der Waals surface area contributed by atoms with Crippen molar-refractivity contribution in [2.45, 2.75) is 19.4 Å². The predicted molar refractivity (Wildman–Crippen MR) is 86.6 cm³/mol. The van der Waals surface area contributed by atoms with Crippen LogP contribution in [0.4, 0.5) is 0 Å². The number of esters is 1. The van der Waals surface area contributed by atoms with Crippen LogP contribution in [0.3, 0.4) is 0 Å². The van der Waals surface area contributed by atoms with Crippen molar-refractivity contribution in [1.29, 1.82) is 0 Å². The van der Waals surface area contributed by atoms with Crippen LogP contribution in [-0.2, 0) is 20.7 Å². The third-order valence-corrected chi connectivity index (χ3v) is 3.87. The summed E-state index contributed by atoms with van der Waals surface area (Å²) in [6.45, 7) is 0.763. The number of aliphatic hydroxyl groups is 1. The smallest absolute Gasteiger partial charge is 0.324 e. The zero-order valence-electron chi connectivity index (χ0n) is 12.0. The van der Waals surface area contributed by atoms with E-state index in [4.69, 9.17) is 9.84 Å². The molecule has 0 spiro atoms. The maximum Gasteiger partial charge on any atom is 0.324 e. The molecule has 1 unspecified atom stereocenters. The van der Waals surface area contributed by atoms with Gasteiger partial charge in [0, 0.05) is 22.9 Å². The van der Waals surface area contributed by atoms with Crippen molar-refractivity contribution in [2.24, 2.45) is 5.92 Å². The van der Waals surface area contributed by atoms with E-state index in [0.29, 0.717) is 5.56 Å². The van der Waals surface area contributed by atoms with Gasteiger partial charge in [-0.3, -0.25) is 9.59 Å². The molecule has 0 fully saturated rings. The summed E-state index contributed by atoms with van der Waals surface area (Å²) >= 11 is 1.81. The molecular formula is C14H18INO6. The molecule has 1 rings (SSSR count). The van der Waals surface area contributed by atoms with E-state index in [1.54, 1.807) is 6.07 Å². The molecule has 0 radical (unpaired) electrons. The third-order valence-electron chi connectivity index (χ3n) is 3.12. The van der Waals surface area contributed by atoms with E-state index >= 15 is 0 Å². The lowest BCUT2D eigenvalue weighted by Gasteiger charge is -2.17. The minimum atomic E-state index is -0.725. The highest BCUT2D eigenvalue weighted by Gasteiger charge is 2.22. The predicted octanol–water partition coefficient (Wildman–Crippen LogP) is 0.689. The number of halogens is 1. The number of carbonyl (C=O) groups is 2. The van der Waals surface area contributed by atoms with Gasteiger partial charge in [-0.05, 0) is 31.0 Å².